The maximum absolute atomic E-state index is 12.4. The number of ketones is 1. The van der Waals surface area contributed by atoms with E-state index in [0.717, 1.165) is 11.1 Å². The van der Waals surface area contributed by atoms with E-state index in [1.807, 2.05) is 18.2 Å². The van der Waals surface area contributed by atoms with E-state index in [1.165, 1.54) is 13.0 Å². The molecule has 3 rings (SSSR count). The first kappa shape index (κ1) is 22.6. The molecule has 0 aliphatic carbocycles. The molecule has 0 radical (unpaired) electrons. The van der Waals surface area contributed by atoms with Crippen molar-refractivity contribution in [1.82, 2.24) is 0 Å². The van der Waals surface area contributed by atoms with Gasteiger partial charge >= 0.3 is 0 Å². The second-order valence-corrected chi connectivity index (χ2v) is 6.99. The fraction of sp³-hybridized carbons (Fsp3) is 0.154. The number of methoxy groups -OCH3 is 2. The van der Waals surface area contributed by atoms with Crippen LogP contribution in [0.25, 0.3) is 6.08 Å². The van der Waals surface area contributed by atoms with E-state index < -0.39 is 0 Å². The number of hydrogen-bond donors (Lipinski definition) is 1. The van der Waals surface area contributed by atoms with Gasteiger partial charge in [0.25, 0.3) is 0 Å². The lowest BCUT2D eigenvalue weighted by atomic mass is 10.1. The molecule has 164 valence electrons. The molecule has 0 aromatic heterocycles. The summed E-state index contributed by atoms with van der Waals surface area (Å²) in [6, 6.07) is 19.7. The van der Waals surface area contributed by atoms with Gasteiger partial charge in [-0.1, -0.05) is 12.1 Å². The normalized spacial score (nSPS) is 10.6. The number of benzene rings is 3. The molecule has 0 fully saturated rings. The molecule has 0 spiro atoms. The average molecular weight is 431 g/mol. The van der Waals surface area contributed by atoms with E-state index in [4.69, 9.17) is 14.2 Å². The van der Waals surface area contributed by atoms with Crippen molar-refractivity contribution < 1.29 is 23.8 Å². The van der Waals surface area contributed by atoms with Crippen LogP contribution >= 0.6 is 0 Å². The maximum atomic E-state index is 12.4. The third kappa shape index (κ3) is 6.22. The lowest BCUT2D eigenvalue weighted by molar-refractivity contribution is -0.114. The van der Waals surface area contributed by atoms with Crippen molar-refractivity contribution in [1.29, 1.82) is 0 Å². The Morgan fingerprint density at radius 2 is 1.56 bits per heavy atom. The van der Waals surface area contributed by atoms with Crippen molar-refractivity contribution in [2.24, 2.45) is 0 Å². The summed E-state index contributed by atoms with van der Waals surface area (Å²) in [4.78, 5) is 23.6. The Morgan fingerprint density at radius 3 is 2.19 bits per heavy atom. The van der Waals surface area contributed by atoms with E-state index in [9.17, 15) is 9.59 Å². The molecular weight excluding hydrogens is 406 g/mol. The van der Waals surface area contributed by atoms with Gasteiger partial charge in [0.15, 0.2) is 5.78 Å². The minimum atomic E-state index is -0.126. The average Bonchev–Trinajstić information content (AvgIpc) is 2.81. The second kappa shape index (κ2) is 10.8. The number of carbonyl (C=O) groups excluding carboxylic acids is 2. The second-order valence-electron chi connectivity index (χ2n) is 6.99. The van der Waals surface area contributed by atoms with E-state index in [0.29, 0.717) is 28.5 Å². The number of nitrogens with one attached hydrogen (secondary N) is 1. The zero-order valence-corrected chi connectivity index (χ0v) is 18.3. The van der Waals surface area contributed by atoms with Crippen LogP contribution in [0.3, 0.4) is 0 Å². The number of anilines is 1. The number of rotatable bonds is 9. The summed E-state index contributed by atoms with van der Waals surface area (Å²) in [5, 5.41) is 2.72. The molecule has 32 heavy (non-hydrogen) atoms. The van der Waals surface area contributed by atoms with Crippen molar-refractivity contribution in [2.75, 3.05) is 19.5 Å². The Labute approximate surface area is 187 Å². The molecule has 0 atom stereocenters. The highest BCUT2D eigenvalue weighted by Gasteiger charge is 2.07. The summed E-state index contributed by atoms with van der Waals surface area (Å²) in [6.07, 6.45) is 3.30. The highest BCUT2D eigenvalue weighted by Crippen LogP contribution is 2.24. The largest absolute Gasteiger partial charge is 0.497 e. The minimum absolute atomic E-state index is 0.0967. The number of hydrogen-bond acceptors (Lipinski definition) is 5. The lowest BCUT2D eigenvalue weighted by Gasteiger charge is -2.12. The van der Waals surface area contributed by atoms with Crippen molar-refractivity contribution >= 4 is 23.5 Å². The van der Waals surface area contributed by atoms with Gasteiger partial charge in [0.2, 0.25) is 5.91 Å². The summed E-state index contributed by atoms with van der Waals surface area (Å²) in [5.74, 6) is 1.84. The first-order valence-corrected chi connectivity index (χ1v) is 10.0. The van der Waals surface area contributed by atoms with Gasteiger partial charge < -0.3 is 19.5 Å². The highest BCUT2D eigenvalue weighted by atomic mass is 16.5. The van der Waals surface area contributed by atoms with Crippen molar-refractivity contribution in [3.63, 3.8) is 0 Å². The molecule has 0 saturated carbocycles. The zero-order valence-electron chi connectivity index (χ0n) is 18.3. The van der Waals surface area contributed by atoms with Gasteiger partial charge in [-0.05, 0) is 72.3 Å². The molecular formula is C26H25NO5. The Kier molecular flexibility index (Phi) is 7.65. The lowest BCUT2D eigenvalue weighted by Crippen LogP contribution is -2.05. The van der Waals surface area contributed by atoms with Gasteiger partial charge in [0.05, 0.1) is 14.2 Å². The monoisotopic (exact) mass is 431 g/mol. The smallest absolute Gasteiger partial charge is 0.221 e. The third-order valence-corrected chi connectivity index (χ3v) is 4.68. The van der Waals surface area contributed by atoms with Gasteiger partial charge in [0, 0.05) is 23.7 Å². The Balaban J connectivity index is 1.68. The molecule has 3 aromatic rings. The Bertz CT molecular complexity index is 1100. The van der Waals surface area contributed by atoms with E-state index in [-0.39, 0.29) is 18.3 Å². The number of ether oxygens (including phenoxy) is 3. The van der Waals surface area contributed by atoms with Crippen LogP contribution in [0.1, 0.15) is 28.4 Å². The van der Waals surface area contributed by atoms with Crippen LogP contribution in [0.2, 0.25) is 0 Å². The quantitative estimate of drug-likeness (QED) is 0.375. The molecule has 1 amide bonds. The van der Waals surface area contributed by atoms with Gasteiger partial charge in [0.1, 0.15) is 23.9 Å². The van der Waals surface area contributed by atoms with Crippen molar-refractivity contribution in [3.05, 3.63) is 89.5 Å². The molecule has 6 heteroatoms. The predicted molar refractivity (Wildman–Crippen MR) is 124 cm³/mol. The fourth-order valence-corrected chi connectivity index (χ4v) is 3.04. The summed E-state index contributed by atoms with van der Waals surface area (Å²) >= 11 is 0. The summed E-state index contributed by atoms with van der Waals surface area (Å²) < 4.78 is 16.4. The zero-order chi connectivity index (χ0) is 22.9. The number of carbonyl (C=O) groups is 2. The number of allylic oxidation sites excluding steroid dienone is 1. The molecule has 0 aliphatic heterocycles. The van der Waals surface area contributed by atoms with Crippen LogP contribution in [-0.2, 0) is 11.4 Å². The van der Waals surface area contributed by atoms with Crippen molar-refractivity contribution in [2.45, 2.75) is 13.5 Å². The SMILES string of the molecule is COc1ccc(C(=O)C=Cc2ccc(OC)c(COc3ccc(NC(C)=O)cc3)c2)cc1. The van der Waals surface area contributed by atoms with Crippen LogP contribution in [0.5, 0.6) is 17.2 Å². The molecule has 3 aromatic carbocycles. The molecule has 0 bridgehead atoms. The fourth-order valence-electron chi connectivity index (χ4n) is 3.04. The van der Waals surface area contributed by atoms with Crippen LogP contribution in [-0.4, -0.2) is 25.9 Å². The first-order valence-electron chi connectivity index (χ1n) is 10.0. The molecule has 0 unspecified atom stereocenters. The van der Waals surface area contributed by atoms with Gasteiger partial charge in [-0.2, -0.15) is 0 Å². The van der Waals surface area contributed by atoms with Crippen LogP contribution < -0.4 is 19.5 Å². The van der Waals surface area contributed by atoms with Gasteiger partial charge in [-0.25, -0.2) is 0 Å². The van der Waals surface area contributed by atoms with Crippen molar-refractivity contribution in [3.8, 4) is 17.2 Å². The highest BCUT2D eigenvalue weighted by molar-refractivity contribution is 6.06. The van der Waals surface area contributed by atoms with E-state index in [2.05, 4.69) is 5.32 Å². The maximum Gasteiger partial charge on any atom is 0.221 e. The number of amides is 1. The molecule has 6 nitrogen and oxygen atoms in total. The van der Waals surface area contributed by atoms with Crippen LogP contribution in [0, 0.1) is 0 Å². The molecule has 0 heterocycles. The molecule has 1 N–H and O–H groups in total. The van der Waals surface area contributed by atoms with E-state index >= 15 is 0 Å². The Hall–Kier alpha value is -4.06. The standard InChI is InChI=1S/C26H25NO5/c1-18(28)27-22-8-12-24(13-9-22)32-17-21-16-19(5-15-26(21)31-3)4-14-25(29)20-6-10-23(30-2)11-7-20/h4-16H,17H2,1-3H3,(H,27,28). The Morgan fingerprint density at radius 1 is 0.875 bits per heavy atom. The first-order chi connectivity index (χ1) is 15.5. The summed E-state index contributed by atoms with van der Waals surface area (Å²) in [7, 11) is 3.19. The predicted octanol–water partition coefficient (Wildman–Crippen LogP) is 5.14. The molecule has 0 aliphatic rings. The molecule has 0 saturated heterocycles. The minimum Gasteiger partial charge on any atom is -0.497 e. The third-order valence-electron chi connectivity index (χ3n) is 4.68. The van der Waals surface area contributed by atoms with E-state index in [1.54, 1.807) is 68.8 Å². The van der Waals surface area contributed by atoms with Gasteiger partial charge in [-0.3, -0.25) is 9.59 Å². The van der Waals surface area contributed by atoms with Gasteiger partial charge in [-0.15, -0.1) is 0 Å². The topological polar surface area (TPSA) is 73.9 Å². The summed E-state index contributed by atoms with van der Waals surface area (Å²) in [6.45, 7) is 1.75. The summed E-state index contributed by atoms with van der Waals surface area (Å²) in [5.41, 5.74) is 2.99. The van der Waals surface area contributed by atoms with Crippen LogP contribution in [0.15, 0.2) is 72.8 Å². The van der Waals surface area contributed by atoms with Crippen LogP contribution in [0.4, 0.5) is 5.69 Å².